The number of nitrogens with zero attached hydrogens (tertiary/aromatic N) is 4. The SMILES string of the molecule is CCOCCn1c(=NC(=O)c2cc(C)nn2C(C)C)sc2cc(C)c(C)cc21. The number of ether oxygens (including phenoxy) is 1. The van der Waals surface area contributed by atoms with Gasteiger partial charge in [0, 0.05) is 19.2 Å². The normalized spacial score (nSPS) is 12.5. The molecule has 150 valence electrons. The van der Waals surface area contributed by atoms with Crippen molar-refractivity contribution in [2.75, 3.05) is 13.2 Å². The van der Waals surface area contributed by atoms with Gasteiger partial charge in [-0.25, -0.2) is 0 Å². The lowest BCUT2D eigenvalue weighted by Crippen LogP contribution is -2.21. The first-order valence-corrected chi connectivity index (χ1v) is 10.5. The van der Waals surface area contributed by atoms with E-state index in [1.807, 2.05) is 27.7 Å². The van der Waals surface area contributed by atoms with Gasteiger partial charge in [0.2, 0.25) is 0 Å². The summed E-state index contributed by atoms with van der Waals surface area (Å²) in [6.45, 7) is 14.0. The average Bonchev–Trinajstić information content (AvgIpc) is 3.17. The first-order valence-electron chi connectivity index (χ1n) is 9.65. The molecule has 0 radical (unpaired) electrons. The number of hydrogen-bond donors (Lipinski definition) is 0. The fourth-order valence-electron chi connectivity index (χ4n) is 3.14. The summed E-state index contributed by atoms with van der Waals surface area (Å²) in [5, 5.41) is 4.43. The van der Waals surface area contributed by atoms with Crippen LogP contribution in [0, 0.1) is 20.8 Å². The molecular weight excluding hydrogens is 372 g/mol. The zero-order valence-corrected chi connectivity index (χ0v) is 18.3. The van der Waals surface area contributed by atoms with Gasteiger partial charge in [-0.2, -0.15) is 10.1 Å². The highest BCUT2D eigenvalue weighted by Gasteiger charge is 2.17. The van der Waals surface area contributed by atoms with Crippen molar-refractivity contribution in [3.8, 4) is 0 Å². The highest BCUT2D eigenvalue weighted by molar-refractivity contribution is 7.16. The summed E-state index contributed by atoms with van der Waals surface area (Å²) in [5.74, 6) is -0.264. The summed E-state index contributed by atoms with van der Waals surface area (Å²) in [6.07, 6.45) is 0. The van der Waals surface area contributed by atoms with Gasteiger partial charge in [-0.3, -0.25) is 9.48 Å². The second kappa shape index (κ2) is 8.41. The number of rotatable bonds is 6. The molecule has 0 N–H and O–H groups in total. The summed E-state index contributed by atoms with van der Waals surface area (Å²) in [7, 11) is 0. The summed E-state index contributed by atoms with van der Waals surface area (Å²) in [6, 6.07) is 6.23. The van der Waals surface area contributed by atoms with Crippen LogP contribution < -0.4 is 4.80 Å². The van der Waals surface area contributed by atoms with Gasteiger partial charge in [0.25, 0.3) is 5.91 Å². The molecule has 0 spiro atoms. The molecule has 0 bridgehead atoms. The van der Waals surface area contributed by atoms with Crippen LogP contribution in [0.2, 0.25) is 0 Å². The highest BCUT2D eigenvalue weighted by Crippen LogP contribution is 2.22. The lowest BCUT2D eigenvalue weighted by molar-refractivity contribution is 0.0984. The number of carbonyl (C=O) groups excluding carboxylic acids is 1. The number of aryl methyl sites for hydroxylation is 3. The van der Waals surface area contributed by atoms with Crippen LogP contribution >= 0.6 is 11.3 Å². The van der Waals surface area contributed by atoms with Crippen LogP contribution in [0.25, 0.3) is 10.2 Å². The van der Waals surface area contributed by atoms with E-state index in [0.29, 0.717) is 30.3 Å². The third kappa shape index (κ3) is 4.10. The van der Waals surface area contributed by atoms with E-state index >= 15 is 0 Å². The average molecular weight is 401 g/mol. The van der Waals surface area contributed by atoms with Crippen LogP contribution in [0.15, 0.2) is 23.2 Å². The minimum absolute atomic E-state index is 0.0978. The molecule has 3 aromatic rings. The number of aromatic nitrogens is 3. The maximum atomic E-state index is 13.0. The molecule has 28 heavy (non-hydrogen) atoms. The quantitative estimate of drug-likeness (QED) is 0.583. The Morgan fingerprint density at radius 2 is 1.93 bits per heavy atom. The van der Waals surface area contributed by atoms with Gasteiger partial charge in [0.15, 0.2) is 4.80 Å². The van der Waals surface area contributed by atoms with Crippen LogP contribution in [0.4, 0.5) is 0 Å². The van der Waals surface area contributed by atoms with E-state index in [1.165, 1.54) is 22.5 Å². The number of benzene rings is 1. The van der Waals surface area contributed by atoms with Gasteiger partial charge in [0.1, 0.15) is 5.69 Å². The second-order valence-corrected chi connectivity index (χ2v) is 8.27. The van der Waals surface area contributed by atoms with Gasteiger partial charge in [0.05, 0.1) is 22.5 Å². The van der Waals surface area contributed by atoms with E-state index in [9.17, 15) is 4.79 Å². The summed E-state index contributed by atoms with van der Waals surface area (Å²) < 4.78 is 10.5. The van der Waals surface area contributed by atoms with E-state index in [0.717, 1.165) is 15.9 Å². The van der Waals surface area contributed by atoms with Gasteiger partial charge in [-0.15, -0.1) is 0 Å². The Balaban J connectivity index is 2.12. The molecule has 2 heterocycles. The molecule has 0 aliphatic heterocycles. The van der Waals surface area contributed by atoms with E-state index in [4.69, 9.17) is 4.74 Å². The fourth-order valence-corrected chi connectivity index (χ4v) is 4.27. The summed E-state index contributed by atoms with van der Waals surface area (Å²) in [4.78, 5) is 18.2. The number of thiazole rings is 1. The van der Waals surface area contributed by atoms with Gasteiger partial charge in [-0.05, 0) is 70.9 Å². The third-order valence-electron chi connectivity index (χ3n) is 4.72. The standard InChI is InChI=1S/C21H28N4O2S/c1-7-27-9-8-24-17-10-14(4)15(5)11-19(17)28-21(24)22-20(26)18-12-16(6)23-25(18)13(2)3/h10-13H,7-9H2,1-6H3. The van der Waals surface area contributed by atoms with Crippen LogP contribution in [-0.4, -0.2) is 33.5 Å². The topological polar surface area (TPSA) is 61.4 Å². The number of amides is 1. The first-order chi connectivity index (χ1) is 13.3. The Kier molecular flexibility index (Phi) is 6.15. The lowest BCUT2D eigenvalue weighted by Gasteiger charge is -2.08. The van der Waals surface area contributed by atoms with Crippen molar-refractivity contribution in [1.29, 1.82) is 0 Å². The van der Waals surface area contributed by atoms with E-state index < -0.39 is 0 Å². The van der Waals surface area contributed by atoms with Crippen molar-refractivity contribution in [3.05, 3.63) is 45.5 Å². The minimum atomic E-state index is -0.264. The molecule has 0 aliphatic carbocycles. The summed E-state index contributed by atoms with van der Waals surface area (Å²) >= 11 is 1.54. The van der Waals surface area contributed by atoms with E-state index in [2.05, 4.69) is 40.6 Å². The van der Waals surface area contributed by atoms with Crippen molar-refractivity contribution in [1.82, 2.24) is 14.3 Å². The minimum Gasteiger partial charge on any atom is -0.380 e. The predicted molar refractivity (Wildman–Crippen MR) is 113 cm³/mol. The van der Waals surface area contributed by atoms with E-state index in [-0.39, 0.29) is 11.9 Å². The van der Waals surface area contributed by atoms with Gasteiger partial charge >= 0.3 is 0 Å². The molecule has 0 fully saturated rings. The fraction of sp³-hybridized carbons (Fsp3) is 0.476. The predicted octanol–water partition coefficient (Wildman–Crippen LogP) is 4.18. The second-order valence-electron chi connectivity index (χ2n) is 7.26. The Morgan fingerprint density at radius 3 is 2.61 bits per heavy atom. The molecule has 3 rings (SSSR count). The van der Waals surface area contributed by atoms with Crippen molar-refractivity contribution in [3.63, 3.8) is 0 Å². The van der Waals surface area contributed by atoms with Crippen molar-refractivity contribution in [2.45, 2.75) is 54.1 Å². The molecule has 0 atom stereocenters. The lowest BCUT2D eigenvalue weighted by atomic mass is 10.1. The van der Waals surface area contributed by atoms with E-state index in [1.54, 1.807) is 10.7 Å². The molecule has 0 saturated carbocycles. The molecule has 1 aromatic carbocycles. The number of hydrogen-bond acceptors (Lipinski definition) is 4. The number of fused-ring (bicyclic) bond motifs is 1. The van der Waals surface area contributed by atoms with Crippen LogP contribution in [0.3, 0.4) is 0 Å². The van der Waals surface area contributed by atoms with Crippen LogP contribution in [-0.2, 0) is 11.3 Å². The Bertz CT molecular complexity index is 1070. The van der Waals surface area contributed by atoms with Gasteiger partial charge < -0.3 is 9.30 Å². The Morgan fingerprint density at radius 1 is 1.21 bits per heavy atom. The molecule has 0 aliphatic rings. The third-order valence-corrected chi connectivity index (χ3v) is 5.77. The van der Waals surface area contributed by atoms with Crippen molar-refractivity contribution in [2.24, 2.45) is 4.99 Å². The Labute approximate surface area is 169 Å². The molecule has 7 heteroatoms. The largest absolute Gasteiger partial charge is 0.380 e. The monoisotopic (exact) mass is 400 g/mol. The molecule has 6 nitrogen and oxygen atoms in total. The molecule has 1 amide bonds. The zero-order valence-electron chi connectivity index (χ0n) is 17.4. The van der Waals surface area contributed by atoms with Crippen molar-refractivity contribution >= 4 is 27.5 Å². The first kappa shape index (κ1) is 20.5. The van der Waals surface area contributed by atoms with Crippen LogP contribution in [0.1, 0.15) is 54.1 Å². The maximum absolute atomic E-state index is 13.0. The number of carbonyl (C=O) groups is 1. The molecular formula is C21H28N4O2S. The molecule has 2 aromatic heterocycles. The highest BCUT2D eigenvalue weighted by atomic mass is 32.1. The van der Waals surface area contributed by atoms with Crippen LogP contribution in [0.5, 0.6) is 0 Å². The smallest absolute Gasteiger partial charge is 0.297 e. The van der Waals surface area contributed by atoms with Crippen molar-refractivity contribution < 1.29 is 9.53 Å². The molecule has 0 unspecified atom stereocenters. The Hall–Kier alpha value is -2.25. The zero-order chi connectivity index (χ0) is 20.4. The van der Waals surface area contributed by atoms with Gasteiger partial charge in [-0.1, -0.05) is 11.3 Å². The maximum Gasteiger partial charge on any atom is 0.297 e. The molecule has 0 saturated heterocycles. The summed E-state index contributed by atoms with van der Waals surface area (Å²) in [5.41, 5.74) is 4.89.